The maximum atomic E-state index is 15.0. The second-order valence-corrected chi connectivity index (χ2v) is 8.74. The van der Waals surface area contributed by atoms with E-state index in [0.717, 1.165) is 6.92 Å². The van der Waals surface area contributed by atoms with Crippen LogP contribution >= 0.6 is 0 Å². The van der Waals surface area contributed by atoms with Gasteiger partial charge in [0.25, 0.3) is 10.0 Å². The molecule has 168 valence electrons. The molecule has 2 aromatic carbocycles. The summed E-state index contributed by atoms with van der Waals surface area (Å²) in [5.41, 5.74) is 1.06. The summed E-state index contributed by atoms with van der Waals surface area (Å²) in [5, 5.41) is 9.12. The van der Waals surface area contributed by atoms with E-state index in [0.29, 0.717) is 29.9 Å². The number of oxazole rings is 1. The first kappa shape index (κ1) is 23.1. The molecular formula is C22H21FN2O6S. The molecule has 0 spiro atoms. The molecule has 3 rings (SSSR count). The first-order valence-electron chi connectivity index (χ1n) is 9.75. The Morgan fingerprint density at radius 3 is 2.50 bits per heavy atom. The number of halogens is 1. The van der Waals surface area contributed by atoms with Crippen LogP contribution in [0.3, 0.4) is 0 Å². The lowest BCUT2D eigenvalue weighted by molar-refractivity contribution is -0.117. The maximum absolute atomic E-state index is 15.0. The monoisotopic (exact) mass is 460 g/mol. The highest BCUT2D eigenvalue weighted by Gasteiger charge is 2.22. The molecule has 0 saturated heterocycles. The van der Waals surface area contributed by atoms with Gasteiger partial charge in [-0.05, 0) is 24.1 Å². The van der Waals surface area contributed by atoms with E-state index in [1.165, 1.54) is 30.3 Å². The number of sulfonamides is 1. The summed E-state index contributed by atoms with van der Waals surface area (Å²) in [4.78, 5) is 26.2. The number of aromatic carboxylic acids is 1. The van der Waals surface area contributed by atoms with Gasteiger partial charge in [-0.3, -0.25) is 4.79 Å². The zero-order valence-electron chi connectivity index (χ0n) is 17.4. The summed E-state index contributed by atoms with van der Waals surface area (Å²) in [5.74, 6) is -2.70. The lowest BCUT2D eigenvalue weighted by Gasteiger charge is -2.12. The van der Waals surface area contributed by atoms with E-state index in [2.05, 4.69) is 4.98 Å². The van der Waals surface area contributed by atoms with Crippen molar-refractivity contribution in [3.63, 3.8) is 0 Å². The maximum Gasteiger partial charge on any atom is 0.392 e. The number of hydrogen-bond acceptors (Lipinski definition) is 6. The molecule has 10 heteroatoms. The molecule has 1 heterocycles. The number of benzene rings is 2. The van der Waals surface area contributed by atoms with E-state index < -0.39 is 33.6 Å². The van der Waals surface area contributed by atoms with Gasteiger partial charge >= 0.3 is 11.9 Å². The minimum atomic E-state index is -4.18. The van der Waals surface area contributed by atoms with Crippen molar-refractivity contribution in [2.24, 2.45) is 0 Å². The number of carboxylic acid groups (broad SMARTS) is 1. The Hall–Kier alpha value is -3.53. The van der Waals surface area contributed by atoms with E-state index in [4.69, 9.17) is 9.52 Å². The van der Waals surface area contributed by atoms with Gasteiger partial charge in [0.2, 0.25) is 5.91 Å². The number of amides is 1. The molecule has 0 aliphatic carbocycles. The van der Waals surface area contributed by atoms with Crippen LogP contribution in [0.5, 0.6) is 0 Å². The molecular weight excluding hydrogens is 439 g/mol. The fourth-order valence-electron chi connectivity index (χ4n) is 3.28. The van der Waals surface area contributed by atoms with Crippen LogP contribution in [0.4, 0.5) is 4.39 Å². The predicted octanol–water partition coefficient (Wildman–Crippen LogP) is 3.55. The van der Waals surface area contributed by atoms with Crippen molar-refractivity contribution < 1.29 is 31.9 Å². The van der Waals surface area contributed by atoms with Crippen LogP contribution in [0.2, 0.25) is 0 Å². The predicted molar refractivity (Wildman–Crippen MR) is 113 cm³/mol. The summed E-state index contributed by atoms with van der Waals surface area (Å²) in [6.45, 7) is 2.98. The second-order valence-electron chi connectivity index (χ2n) is 7.09. The number of carboxylic acids is 1. The molecule has 1 amide bonds. The third kappa shape index (κ3) is 5.02. The Morgan fingerprint density at radius 1 is 1.16 bits per heavy atom. The normalized spacial score (nSPS) is 11.3. The zero-order chi connectivity index (χ0) is 23.5. The van der Waals surface area contributed by atoms with Gasteiger partial charge in [0, 0.05) is 30.9 Å². The molecule has 8 nitrogen and oxygen atoms in total. The van der Waals surface area contributed by atoms with Crippen LogP contribution in [-0.4, -0.2) is 30.4 Å². The molecule has 0 atom stereocenters. The number of hydrogen-bond donors (Lipinski definition) is 2. The Bertz CT molecular complexity index is 1280. The Morgan fingerprint density at radius 2 is 1.88 bits per heavy atom. The van der Waals surface area contributed by atoms with Crippen molar-refractivity contribution >= 4 is 21.9 Å². The highest BCUT2D eigenvalue weighted by atomic mass is 32.2. The third-order valence-corrected chi connectivity index (χ3v) is 6.08. The van der Waals surface area contributed by atoms with Crippen molar-refractivity contribution in [1.82, 2.24) is 9.71 Å². The van der Waals surface area contributed by atoms with Gasteiger partial charge in [-0.15, -0.1) is 0 Å². The number of nitrogens with one attached hydrogen (secondary N) is 1. The van der Waals surface area contributed by atoms with E-state index in [-0.39, 0.29) is 22.4 Å². The number of carbonyl (C=O) groups excluding carboxylic acids is 1. The van der Waals surface area contributed by atoms with Crippen LogP contribution in [0, 0.1) is 5.82 Å². The standard InChI is InChI=1S/C22H21FN2O6S/c1-3-6-19-18(24-21(31-19)22(27)28)12-14-9-10-15(17(23)11-14)16-7-4-5-8-20(16)32(29,30)25-13(2)26/h4-5,7-11H,3,6,12H2,1-2H3,(H,25,26)(H,27,28). The molecule has 0 saturated carbocycles. The van der Waals surface area contributed by atoms with Crippen molar-refractivity contribution in [3.05, 3.63) is 71.2 Å². The molecule has 32 heavy (non-hydrogen) atoms. The van der Waals surface area contributed by atoms with Gasteiger partial charge in [0.05, 0.1) is 10.6 Å². The minimum Gasteiger partial charge on any atom is -0.474 e. The molecule has 2 N–H and O–H groups in total. The van der Waals surface area contributed by atoms with Gasteiger partial charge in [0.1, 0.15) is 11.6 Å². The second kappa shape index (κ2) is 9.31. The van der Waals surface area contributed by atoms with Gasteiger partial charge in [-0.1, -0.05) is 37.3 Å². The quantitative estimate of drug-likeness (QED) is 0.526. The first-order chi connectivity index (χ1) is 15.1. The summed E-state index contributed by atoms with van der Waals surface area (Å²) in [6, 6.07) is 10.0. The first-order valence-corrected chi connectivity index (χ1v) is 11.2. The highest BCUT2D eigenvalue weighted by Crippen LogP contribution is 2.30. The van der Waals surface area contributed by atoms with Crippen LogP contribution in [0.15, 0.2) is 51.8 Å². The van der Waals surface area contributed by atoms with E-state index >= 15 is 4.39 Å². The number of aromatic nitrogens is 1. The van der Waals surface area contributed by atoms with Gasteiger partial charge in [-0.2, -0.15) is 0 Å². The average Bonchev–Trinajstić information content (AvgIpc) is 3.10. The summed E-state index contributed by atoms with van der Waals surface area (Å²) >= 11 is 0. The fourth-order valence-corrected chi connectivity index (χ4v) is 4.50. The van der Waals surface area contributed by atoms with E-state index in [1.807, 2.05) is 11.6 Å². The number of nitrogens with zero attached hydrogens (tertiary/aromatic N) is 1. The molecule has 1 aromatic heterocycles. The van der Waals surface area contributed by atoms with E-state index in [1.54, 1.807) is 12.1 Å². The number of rotatable bonds is 8. The average molecular weight is 460 g/mol. The topological polar surface area (TPSA) is 127 Å². The van der Waals surface area contributed by atoms with Crippen LogP contribution in [-0.2, 0) is 27.7 Å². The van der Waals surface area contributed by atoms with Gasteiger partial charge in [-0.25, -0.2) is 27.3 Å². The van der Waals surface area contributed by atoms with Crippen molar-refractivity contribution in [1.29, 1.82) is 0 Å². The summed E-state index contributed by atoms with van der Waals surface area (Å²) in [7, 11) is -4.18. The molecule has 3 aromatic rings. The molecule has 0 aliphatic rings. The summed E-state index contributed by atoms with van der Waals surface area (Å²) in [6.07, 6.45) is 1.35. The molecule has 0 bridgehead atoms. The van der Waals surface area contributed by atoms with Crippen molar-refractivity contribution in [2.45, 2.75) is 38.0 Å². The zero-order valence-corrected chi connectivity index (χ0v) is 18.2. The van der Waals surface area contributed by atoms with Crippen LogP contribution in [0.25, 0.3) is 11.1 Å². The highest BCUT2D eigenvalue weighted by molar-refractivity contribution is 7.90. The molecule has 0 unspecified atom stereocenters. The molecule has 0 radical (unpaired) electrons. The molecule has 0 fully saturated rings. The summed E-state index contributed by atoms with van der Waals surface area (Å²) < 4.78 is 47.2. The SMILES string of the molecule is CCCc1oc(C(=O)O)nc1Cc1ccc(-c2ccccc2S(=O)(=O)NC(C)=O)c(F)c1. The lowest BCUT2D eigenvalue weighted by Crippen LogP contribution is -2.28. The fraction of sp³-hybridized carbons (Fsp3) is 0.227. The number of aryl methyl sites for hydroxylation is 1. The Labute approximate surface area is 184 Å². The van der Waals surface area contributed by atoms with Gasteiger partial charge < -0.3 is 9.52 Å². The van der Waals surface area contributed by atoms with Crippen molar-refractivity contribution in [2.75, 3.05) is 0 Å². The van der Waals surface area contributed by atoms with Crippen molar-refractivity contribution in [3.8, 4) is 11.1 Å². The molecule has 0 aliphatic heterocycles. The lowest BCUT2D eigenvalue weighted by atomic mass is 10.0. The third-order valence-electron chi connectivity index (χ3n) is 4.59. The number of carbonyl (C=O) groups is 2. The van der Waals surface area contributed by atoms with Crippen LogP contribution in [0.1, 0.15) is 48.0 Å². The minimum absolute atomic E-state index is 0.0402. The smallest absolute Gasteiger partial charge is 0.392 e. The Kier molecular flexibility index (Phi) is 6.73. The van der Waals surface area contributed by atoms with E-state index in [9.17, 15) is 18.0 Å². The van der Waals surface area contributed by atoms with Crippen LogP contribution < -0.4 is 4.72 Å². The van der Waals surface area contributed by atoms with Gasteiger partial charge in [0.15, 0.2) is 0 Å². The Balaban J connectivity index is 1.98. The largest absolute Gasteiger partial charge is 0.474 e.